The maximum Gasteiger partial charge on any atom is 0.355 e. The molecule has 0 spiro atoms. The first-order chi connectivity index (χ1) is 17.4. The van der Waals surface area contributed by atoms with Crippen LogP contribution in [0.5, 0.6) is 0 Å². The Bertz CT molecular complexity index is 1380. The van der Waals surface area contributed by atoms with Crippen molar-refractivity contribution >= 4 is 28.3 Å². The molecular weight excluding hydrogens is 499 g/mol. The maximum absolute atomic E-state index is 13.6. The van der Waals surface area contributed by atoms with Crippen molar-refractivity contribution in [2.75, 3.05) is 0 Å². The van der Waals surface area contributed by atoms with Crippen molar-refractivity contribution in [2.45, 2.75) is 44.4 Å². The zero-order chi connectivity index (χ0) is 25.8. The Morgan fingerprint density at radius 3 is 2.39 bits per heavy atom. The minimum atomic E-state index is -1.55. The van der Waals surface area contributed by atoms with Gasteiger partial charge >= 0.3 is 5.97 Å². The van der Waals surface area contributed by atoms with E-state index in [2.05, 4.69) is 4.98 Å². The standard InChI is InChI=1S/C24H21FN4O3S2.C2H6/c25-17-7-5-16(6-8-17)22-19(11-14-3-9-18(10-4-14)34(26)32)21(12-15-1-2-15)29(28-22)24-27-20(13-33-24)23(30)31;1-2/h3-10,13,15H,1-2,11-12,26H2,(H,30,31);1-2H3. The van der Waals surface area contributed by atoms with Gasteiger partial charge in [0.15, 0.2) is 5.69 Å². The minimum Gasteiger partial charge on any atom is -0.476 e. The number of thiazole rings is 1. The third kappa shape index (κ3) is 5.77. The number of hydrogen-bond acceptors (Lipinski definition) is 5. The molecule has 0 bridgehead atoms. The molecule has 1 saturated carbocycles. The van der Waals surface area contributed by atoms with E-state index in [0.29, 0.717) is 28.1 Å². The Morgan fingerprint density at radius 1 is 1.17 bits per heavy atom. The molecular formula is C26H27FN4O3S2. The van der Waals surface area contributed by atoms with Crippen molar-refractivity contribution in [3.8, 4) is 16.4 Å². The molecule has 0 saturated heterocycles. The molecule has 1 aliphatic carbocycles. The molecule has 3 N–H and O–H groups in total. The van der Waals surface area contributed by atoms with Crippen LogP contribution in [0.15, 0.2) is 58.8 Å². The van der Waals surface area contributed by atoms with Crippen LogP contribution >= 0.6 is 11.3 Å². The van der Waals surface area contributed by atoms with E-state index in [-0.39, 0.29) is 11.5 Å². The van der Waals surface area contributed by atoms with Gasteiger partial charge < -0.3 is 5.11 Å². The number of carbonyl (C=O) groups is 1. The molecule has 36 heavy (non-hydrogen) atoms. The van der Waals surface area contributed by atoms with Crippen LogP contribution in [0.25, 0.3) is 16.4 Å². The van der Waals surface area contributed by atoms with Gasteiger partial charge in [-0.05, 0) is 67.1 Å². The number of aromatic carboxylic acids is 1. The second kappa shape index (κ2) is 11.2. The summed E-state index contributed by atoms with van der Waals surface area (Å²) >= 11 is 1.22. The molecule has 2 heterocycles. The third-order valence-corrected chi connectivity index (χ3v) is 7.37. The zero-order valence-corrected chi connectivity index (χ0v) is 21.6. The quantitative estimate of drug-likeness (QED) is 0.320. The SMILES string of the molecule is CC.NS(=O)c1ccc(Cc2c(-c3ccc(F)cc3)nn(-c3nc(C(=O)O)cs3)c2CC2CC2)cc1. The number of benzene rings is 2. The number of carboxylic acids is 1. The molecule has 4 aromatic rings. The summed E-state index contributed by atoms with van der Waals surface area (Å²) in [5.74, 6) is -0.884. The Labute approximate surface area is 215 Å². The van der Waals surface area contributed by atoms with Gasteiger partial charge in [-0.15, -0.1) is 11.3 Å². The summed E-state index contributed by atoms with van der Waals surface area (Å²) in [6, 6.07) is 13.4. The summed E-state index contributed by atoms with van der Waals surface area (Å²) in [4.78, 5) is 16.2. The van der Waals surface area contributed by atoms with Crippen molar-refractivity contribution in [1.29, 1.82) is 0 Å². The van der Waals surface area contributed by atoms with Crippen LogP contribution < -0.4 is 5.14 Å². The number of nitrogens with zero attached hydrogens (tertiary/aromatic N) is 3. The molecule has 0 radical (unpaired) electrons. The van der Waals surface area contributed by atoms with Crippen LogP contribution in [0.2, 0.25) is 0 Å². The summed E-state index contributed by atoms with van der Waals surface area (Å²) in [5, 5.41) is 21.7. The largest absolute Gasteiger partial charge is 0.476 e. The molecule has 1 unspecified atom stereocenters. The predicted molar refractivity (Wildman–Crippen MR) is 139 cm³/mol. The van der Waals surface area contributed by atoms with E-state index in [1.54, 1.807) is 28.9 Å². The van der Waals surface area contributed by atoms with Gasteiger partial charge in [0.1, 0.15) is 16.8 Å². The van der Waals surface area contributed by atoms with Crippen molar-refractivity contribution in [3.63, 3.8) is 0 Å². The van der Waals surface area contributed by atoms with E-state index in [0.717, 1.165) is 41.6 Å². The van der Waals surface area contributed by atoms with Crippen molar-refractivity contribution in [1.82, 2.24) is 14.8 Å². The fourth-order valence-electron chi connectivity index (χ4n) is 3.88. The average molecular weight is 527 g/mol. The highest BCUT2D eigenvalue weighted by atomic mass is 32.2. The number of halogens is 1. The lowest BCUT2D eigenvalue weighted by molar-refractivity contribution is 0.0691. The molecule has 0 aliphatic heterocycles. The predicted octanol–water partition coefficient (Wildman–Crippen LogP) is 5.38. The van der Waals surface area contributed by atoms with Gasteiger partial charge in [0, 0.05) is 22.9 Å². The van der Waals surface area contributed by atoms with Crippen LogP contribution in [0.4, 0.5) is 4.39 Å². The summed E-state index contributed by atoms with van der Waals surface area (Å²) in [7, 11) is -1.55. The lowest BCUT2D eigenvalue weighted by Gasteiger charge is -2.09. The number of rotatable bonds is 8. The second-order valence-corrected chi connectivity index (χ2v) is 10.2. The topological polar surface area (TPSA) is 111 Å². The first-order valence-corrected chi connectivity index (χ1v) is 13.8. The highest BCUT2D eigenvalue weighted by Crippen LogP contribution is 2.38. The highest BCUT2D eigenvalue weighted by Gasteiger charge is 2.29. The second-order valence-electron chi connectivity index (χ2n) is 8.28. The van der Waals surface area contributed by atoms with Crippen LogP contribution in [0, 0.1) is 11.7 Å². The van der Waals surface area contributed by atoms with Crippen molar-refractivity contribution in [2.24, 2.45) is 11.1 Å². The summed E-state index contributed by atoms with van der Waals surface area (Å²) in [5.41, 5.74) is 4.38. The Balaban J connectivity index is 0.00000148. The zero-order valence-electron chi connectivity index (χ0n) is 20.0. The van der Waals surface area contributed by atoms with E-state index in [4.69, 9.17) is 10.2 Å². The van der Waals surface area contributed by atoms with E-state index >= 15 is 0 Å². The molecule has 1 atom stereocenters. The average Bonchev–Trinajstić information content (AvgIpc) is 3.44. The monoisotopic (exact) mass is 526 g/mol. The highest BCUT2D eigenvalue weighted by molar-refractivity contribution is 7.82. The van der Waals surface area contributed by atoms with Crippen LogP contribution in [-0.2, 0) is 23.8 Å². The fraction of sp³-hybridized carbons (Fsp3) is 0.269. The normalized spacial score (nSPS) is 13.7. The molecule has 0 amide bonds. The molecule has 1 aliphatic rings. The maximum atomic E-state index is 13.6. The Morgan fingerprint density at radius 2 is 1.83 bits per heavy atom. The molecule has 1 fully saturated rings. The number of hydrogen-bond donors (Lipinski definition) is 2. The lowest BCUT2D eigenvalue weighted by atomic mass is 9.97. The van der Waals surface area contributed by atoms with E-state index < -0.39 is 17.0 Å². The molecule has 2 aromatic heterocycles. The molecule has 5 rings (SSSR count). The Hall–Kier alpha value is -3.21. The van der Waals surface area contributed by atoms with Crippen molar-refractivity contribution in [3.05, 3.63) is 82.2 Å². The van der Waals surface area contributed by atoms with E-state index in [1.165, 1.54) is 28.8 Å². The number of aromatic nitrogens is 3. The van der Waals surface area contributed by atoms with Crippen LogP contribution in [0.1, 0.15) is 54.0 Å². The van der Waals surface area contributed by atoms with Gasteiger partial charge in [-0.1, -0.05) is 26.0 Å². The van der Waals surface area contributed by atoms with Gasteiger partial charge in [-0.3, -0.25) is 0 Å². The van der Waals surface area contributed by atoms with Gasteiger partial charge in [0.25, 0.3) is 0 Å². The fourth-order valence-corrected chi connectivity index (χ4v) is 5.06. The molecule has 10 heteroatoms. The lowest BCUT2D eigenvalue weighted by Crippen LogP contribution is -2.06. The van der Waals surface area contributed by atoms with Gasteiger partial charge in [-0.25, -0.2) is 28.2 Å². The smallest absolute Gasteiger partial charge is 0.355 e. The minimum absolute atomic E-state index is 0.0249. The van der Waals surface area contributed by atoms with E-state index in [1.807, 2.05) is 26.0 Å². The molecule has 2 aromatic carbocycles. The first kappa shape index (κ1) is 25.9. The van der Waals surface area contributed by atoms with Crippen LogP contribution in [0.3, 0.4) is 0 Å². The summed E-state index contributed by atoms with van der Waals surface area (Å²) in [6.45, 7) is 4.00. The first-order valence-electron chi connectivity index (χ1n) is 11.7. The number of nitrogens with two attached hydrogens (primary N) is 1. The number of carboxylic acid groups (broad SMARTS) is 1. The van der Waals surface area contributed by atoms with Gasteiger partial charge in [-0.2, -0.15) is 5.10 Å². The molecule has 188 valence electrons. The van der Waals surface area contributed by atoms with Gasteiger partial charge in [0.2, 0.25) is 5.13 Å². The van der Waals surface area contributed by atoms with Gasteiger partial charge in [0.05, 0.1) is 16.3 Å². The summed E-state index contributed by atoms with van der Waals surface area (Å²) < 4.78 is 27.0. The summed E-state index contributed by atoms with van der Waals surface area (Å²) in [6.07, 6.45) is 3.59. The van der Waals surface area contributed by atoms with Crippen molar-refractivity contribution < 1.29 is 18.5 Å². The third-order valence-electron chi connectivity index (χ3n) is 5.82. The van der Waals surface area contributed by atoms with E-state index in [9.17, 15) is 18.5 Å². The molecule has 7 nitrogen and oxygen atoms in total. The Kier molecular flexibility index (Phi) is 8.07. The van der Waals surface area contributed by atoms with Crippen LogP contribution in [-0.4, -0.2) is 30.0 Å².